The first-order valence-corrected chi connectivity index (χ1v) is 6.65. The molecule has 0 amide bonds. The lowest BCUT2D eigenvalue weighted by Crippen LogP contribution is -2.31. The molecule has 2 heterocycles. The van der Waals surface area contributed by atoms with Crippen molar-refractivity contribution in [1.82, 2.24) is 14.9 Å². The molecule has 0 bridgehead atoms. The van der Waals surface area contributed by atoms with Crippen LogP contribution in [0.4, 0.5) is 5.69 Å². The van der Waals surface area contributed by atoms with Crippen LogP contribution in [0.2, 0.25) is 5.15 Å². The average molecular weight is 275 g/mol. The Morgan fingerprint density at radius 1 is 1.26 bits per heavy atom. The predicted molar refractivity (Wildman–Crippen MR) is 75.7 cm³/mol. The van der Waals surface area contributed by atoms with E-state index in [0.29, 0.717) is 5.15 Å². The number of benzene rings is 1. The minimum absolute atomic E-state index is 0.428. The third-order valence-electron chi connectivity index (χ3n) is 3.45. The van der Waals surface area contributed by atoms with Gasteiger partial charge in [0, 0.05) is 25.3 Å². The summed E-state index contributed by atoms with van der Waals surface area (Å²) < 4.78 is 0. The van der Waals surface area contributed by atoms with Gasteiger partial charge in [0.1, 0.15) is 5.15 Å². The van der Waals surface area contributed by atoms with E-state index in [1.165, 1.54) is 11.1 Å². The third-order valence-corrected chi connectivity index (χ3v) is 3.64. The van der Waals surface area contributed by atoms with Gasteiger partial charge >= 0.3 is 0 Å². The van der Waals surface area contributed by atoms with Gasteiger partial charge < -0.3 is 5.73 Å². The zero-order valence-electron chi connectivity index (χ0n) is 10.5. The van der Waals surface area contributed by atoms with Gasteiger partial charge in [0.2, 0.25) is 0 Å². The summed E-state index contributed by atoms with van der Waals surface area (Å²) in [6.45, 7) is 2.66. The van der Waals surface area contributed by atoms with Crippen molar-refractivity contribution in [2.24, 2.45) is 0 Å². The smallest absolute Gasteiger partial charge is 0.147 e. The van der Waals surface area contributed by atoms with Crippen molar-refractivity contribution in [3.63, 3.8) is 0 Å². The number of rotatable bonds is 2. The van der Waals surface area contributed by atoms with Crippen molar-refractivity contribution in [2.45, 2.75) is 19.5 Å². The Bertz CT molecular complexity index is 582. The Kier molecular flexibility index (Phi) is 3.36. The van der Waals surface area contributed by atoms with Crippen LogP contribution in [0.1, 0.15) is 16.8 Å². The van der Waals surface area contributed by atoms with Gasteiger partial charge in [-0.1, -0.05) is 23.7 Å². The maximum absolute atomic E-state index is 6.04. The van der Waals surface area contributed by atoms with Crippen LogP contribution in [0.3, 0.4) is 0 Å². The first-order valence-electron chi connectivity index (χ1n) is 6.27. The summed E-state index contributed by atoms with van der Waals surface area (Å²) in [6, 6.07) is 6.14. The normalized spacial score (nSPS) is 15.2. The number of anilines is 1. The van der Waals surface area contributed by atoms with E-state index in [-0.39, 0.29) is 0 Å². The highest BCUT2D eigenvalue weighted by atomic mass is 35.5. The Hall–Kier alpha value is -1.65. The fraction of sp³-hybridized carbons (Fsp3) is 0.286. The molecule has 3 rings (SSSR count). The van der Waals surface area contributed by atoms with E-state index in [0.717, 1.165) is 37.4 Å². The second-order valence-corrected chi connectivity index (χ2v) is 5.16. The van der Waals surface area contributed by atoms with Gasteiger partial charge in [0.15, 0.2) is 0 Å². The van der Waals surface area contributed by atoms with Crippen molar-refractivity contribution < 1.29 is 0 Å². The molecule has 4 nitrogen and oxygen atoms in total. The number of hydrogen-bond donors (Lipinski definition) is 1. The number of halogens is 1. The average Bonchev–Trinajstić information content (AvgIpc) is 2.42. The number of nitrogen functional groups attached to an aromatic ring is 1. The predicted octanol–water partition coefficient (Wildman–Crippen LogP) is 2.27. The van der Waals surface area contributed by atoms with Crippen molar-refractivity contribution >= 4 is 17.3 Å². The molecule has 0 spiro atoms. The van der Waals surface area contributed by atoms with Crippen LogP contribution in [0.25, 0.3) is 0 Å². The van der Waals surface area contributed by atoms with Crippen LogP contribution in [0.15, 0.2) is 30.6 Å². The minimum atomic E-state index is 0.428. The molecule has 1 aromatic heterocycles. The van der Waals surface area contributed by atoms with E-state index in [2.05, 4.69) is 20.9 Å². The van der Waals surface area contributed by atoms with E-state index >= 15 is 0 Å². The Balaban J connectivity index is 1.75. The molecule has 0 radical (unpaired) electrons. The van der Waals surface area contributed by atoms with E-state index in [1.54, 1.807) is 12.4 Å². The zero-order valence-corrected chi connectivity index (χ0v) is 11.3. The number of fused-ring (bicyclic) bond motifs is 1. The number of nitrogens with zero attached hydrogens (tertiary/aromatic N) is 3. The maximum Gasteiger partial charge on any atom is 0.147 e. The van der Waals surface area contributed by atoms with E-state index < -0.39 is 0 Å². The number of hydrogen-bond acceptors (Lipinski definition) is 4. The van der Waals surface area contributed by atoms with Crippen LogP contribution in [0, 0.1) is 0 Å². The summed E-state index contributed by atoms with van der Waals surface area (Å²) in [5, 5.41) is 0.428. The third kappa shape index (κ3) is 2.69. The lowest BCUT2D eigenvalue weighted by atomic mass is 9.98. The zero-order chi connectivity index (χ0) is 13.2. The van der Waals surface area contributed by atoms with E-state index in [4.69, 9.17) is 17.3 Å². The molecule has 2 aromatic rings. The molecule has 19 heavy (non-hydrogen) atoms. The summed E-state index contributed by atoms with van der Waals surface area (Å²) >= 11 is 5.74. The fourth-order valence-corrected chi connectivity index (χ4v) is 2.55. The summed E-state index contributed by atoms with van der Waals surface area (Å²) in [5.74, 6) is 0. The van der Waals surface area contributed by atoms with Crippen molar-refractivity contribution in [2.75, 3.05) is 12.3 Å². The van der Waals surface area contributed by atoms with Crippen molar-refractivity contribution in [1.29, 1.82) is 0 Å². The van der Waals surface area contributed by atoms with Crippen molar-refractivity contribution in [3.05, 3.63) is 52.6 Å². The summed E-state index contributed by atoms with van der Waals surface area (Å²) in [6.07, 6.45) is 4.34. The molecule has 1 aliphatic rings. The quantitative estimate of drug-likeness (QED) is 0.854. The highest BCUT2D eigenvalue weighted by Crippen LogP contribution is 2.24. The highest BCUT2D eigenvalue weighted by Gasteiger charge is 2.18. The SMILES string of the molecule is Nc1cccc2c1CN(Cc1cnc(Cl)cn1)CC2. The largest absolute Gasteiger partial charge is 0.398 e. The fourth-order valence-electron chi connectivity index (χ4n) is 2.45. The lowest BCUT2D eigenvalue weighted by Gasteiger charge is -2.29. The molecule has 0 atom stereocenters. The first-order chi connectivity index (χ1) is 9.22. The molecule has 2 N–H and O–H groups in total. The van der Waals surface area contributed by atoms with E-state index in [1.807, 2.05) is 12.1 Å². The van der Waals surface area contributed by atoms with Gasteiger partial charge in [-0.05, 0) is 23.6 Å². The molecule has 1 aliphatic heterocycles. The second-order valence-electron chi connectivity index (χ2n) is 4.78. The molecule has 5 heteroatoms. The molecule has 0 aliphatic carbocycles. The molecule has 98 valence electrons. The highest BCUT2D eigenvalue weighted by molar-refractivity contribution is 6.29. The van der Waals surface area contributed by atoms with Crippen LogP contribution in [-0.2, 0) is 19.5 Å². The number of nitrogens with two attached hydrogens (primary N) is 1. The van der Waals surface area contributed by atoms with Crippen LogP contribution in [-0.4, -0.2) is 21.4 Å². The molecule has 0 saturated heterocycles. The molecular weight excluding hydrogens is 260 g/mol. The van der Waals surface area contributed by atoms with E-state index in [9.17, 15) is 0 Å². The Morgan fingerprint density at radius 2 is 2.16 bits per heavy atom. The van der Waals surface area contributed by atoms with Gasteiger partial charge in [0.05, 0.1) is 18.1 Å². The van der Waals surface area contributed by atoms with Crippen LogP contribution in [0.5, 0.6) is 0 Å². The standard InChI is InChI=1S/C14H15ClN4/c15-14-7-17-11(6-18-14)8-19-5-4-10-2-1-3-13(16)12(10)9-19/h1-3,6-7H,4-5,8-9,16H2. The minimum Gasteiger partial charge on any atom is -0.398 e. The molecule has 0 saturated carbocycles. The lowest BCUT2D eigenvalue weighted by molar-refractivity contribution is 0.243. The van der Waals surface area contributed by atoms with Crippen LogP contribution < -0.4 is 5.73 Å². The summed E-state index contributed by atoms with van der Waals surface area (Å²) in [7, 11) is 0. The Labute approximate surface area is 117 Å². The summed E-state index contributed by atoms with van der Waals surface area (Å²) in [5.41, 5.74) is 10.5. The van der Waals surface area contributed by atoms with Gasteiger partial charge in [-0.25, -0.2) is 4.98 Å². The summed E-state index contributed by atoms with van der Waals surface area (Å²) in [4.78, 5) is 10.7. The van der Waals surface area contributed by atoms with Gasteiger partial charge in [-0.15, -0.1) is 0 Å². The number of aromatic nitrogens is 2. The molecule has 1 aromatic carbocycles. The Morgan fingerprint density at radius 3 is 2.95 bits per heavy atom. The topological polar surface area (TPSA) is 55.0 Å². The first kappa shape index (κ1) is 12.4. The van der Waals surface area contributed by atoms with Crippen molar-refractivity contribution in [3.8, 4) is 0 Å². The monoisotopic (exact) mass is 274 g/mol. The van der Waals surface area contributed by atoms with Gasteiger partial charge in [0.25, 0.3) is 0 Å². The van der Waals surface area contributed by atoms with Gasteiger partial charge in [-0.2, -0.15) is 0 Å². The van der Waals surface area contributed by atoms with Crippen LogP contribution >= 0.6 is 11.6 Å². The van der Waals surface area contributed by atoms with Gasteiger partial charge in [-0.3, -0.25) is 9.88 Å². The molecule has 0 unspecified atom stereocenters. The maximum atomic E-state index is 6.04. The molecule has 0 fully saturated rings. The second kappa shape index (κ2) is 5.15. The molecular formula is C14H15ClN4.